The van der Waals surface area contributed by atoms with E-state index in [-0.39, 0.29) is 12.5 Å². The predicted octanol–water partition coefficient (Wildman–Crippen LogP) is 4.94. The van der Waals surface area contributed by atoms with Crippen LogP contribution in [0, 0.1) is 0 Å². The zero-order valence-electron chi connectivity index (χ0n) is 14.0. The van der Waals surface area contributed by atoms with Gasteiger partial charge in [-0.15, -0.1) is 0 Å². The van der Waals surface area contributed by atoms with Crippen LogP contribution in [0.3, 0.4) is 0 Å². The maximum atomic E-state index is 11.9. The predicted molar refractivity (Wildman–Crippen MR) is 103 cm³/mol. The van der Waals surface area contributed by atoms with Gasteiger partial charge in [-0.05, 0) is 42.0 Å². The van der Waals surface area contributed by atoms with Gasteiger partial charge < -0.3 is 14.8 Å². The number of ether oxygens (including phenoxy) is 2. The minimum Gasteiger partial charge on any atom is -0.489 e. The van der Waals surface area contributed by atoms with Gasteiger partial charge in [0.15, 0.2) is 6.61 Å². The smallest absolute Gasteiger partial charge is 0.262 e. The number of carbonyl (C=O) groups is 1. The molecule has 0 fully saturated rings. The van der Waals surface area contributed by atoms with E-state index in [9.17, 15) is 4.79 Å². The van der Waals surface area contributed by atoms with Crippen molar-refractivity contribution in [1.29, 1.82) is 0 Å². The summed E-state index contributed by atoms with van der Waals surface area (Å²) in [6, 6.07) is 24.1. The minimum atomic E-state index is -0.275. The van der Waals surface area contributed by atoms with Crippen LogP contribution < -0.4 is 14.8 Å². The van der Waals surface area contributed by atoms with Crippen molar-refractivity contribution in [2.45, 2.75) is 6.61 Å². The van der Waals surface area contributed by atoms with Crippen LogP contribution in [0.25, 0.3) is 0 Å². The van der Waals surface area contributed by atoms with E-state index in [4.69, 9.17) is 21.1 Å². The zero-order valence-corrected chi connectivity index (χ0v) is 14.8. The van der Waals surface area contributed by atoms with Gasteiger partial charge in [-0.3, -0.25) is 4.79 Å². The van der Waals surface area contributed by atoms with Crippen molar-refractivity contribution in [3.63, 3.8) is 0 Å². The first-order chi connectivity index (χ1) is 12.7. The summed E-state index contributed by atoms with van der Waals surface area (Å²) in [6.45, 7) is 0.400. The van der Waals surface area contributed by atoms with Crippen molar-refractivity contribution in [2.75, 3.05) is 11.9 Å². The number of benzene rings is 3. The molecule has 0 saturated carbocycles. The van der Waals surface area contributed by atoms with E-state index in [1.54, 1.807) is 36.4 Å². The van der Waals surface area contributed by atoms with Gasteiger partial charge in [-0.2, -0.15) is 0 Å². The Labute approximate surface area is 157 Å². The van der Waals surface area contributed by atoms with Crippen LogP contribution in [0.15, 0.2) is 78.9 Å². The molecule has 0 radical (unpaired) electrons. The molecule has 5 heteroatoms. The topological polar surface area (TPSA) is 47.6 Å². The molecule has 3 aromatic carbocycles. The highest BCUT2D eigenvalue weighted by Gasteiger charge is 2.06. The van der Waals surface area contributed by atoms with Crippen molar-refractivity contribution in [3.05, 3.63) is 89.4 Å². The number of carbonyl (C=O) groups excluding carboxylic acids is 1. The second kappa shape index (κ2) is 8.92. The van der Waals surface area contributed by atoms with Crippen LogP contribution in [0.1, 0.15) is 5.56 Å². The third-order valence-corrected chi connectivity index (χ3v) is 3.92. The largest absolute Gasteiger partial charge is 0.489 e. The second-order valence-corrected chi connectivity index (χ2v) is 5.97. The van der Waals surface area contributed by atoms with E-state index in [1.165, 1.54) is 0 Å². The van der Waals surface area contributed by atoms with Gasteiger partial charge in [0, 0.05) is 0 Å². The monoisotopic (exact) mass is 367 g/mol. The standard InChI is InChI=1S/C21H18ClNO3/c22-19-8-4-5-9-20(19)23-21(24)15-26-18-12-10-17(11-13-18)25-14-16-6-2-1-3-7-16/h1-13H,14-15H2,(H,23,24). The molecule has 1 N–H and O–H groups in total. The second-order valence-electron chi connectivity index (χ2n) is 5.56. The molecule has 0 saturated heterocycles. The number of amides is 1. The Morgan fingerprint density at radius 1 is 0.808 bits per heavy atom. The molecule has 0 unspecified atom stereocenters. The van der Waals surface area contributed by atoms with E-state index in [0.717, 1.165) is 11.3 Å². The van der Waals surface area contributed by atoms with E-state index in [2.05, 4.69) is 5.32 Å². The maximum absolute atomic E-state index is 11.9. The molecule has 0 bridgehead atoms. The summed E-state index contributed by atoms with van der Waals surface area (Å²) >= 11 is 6.01. The Balaban J connectivity index is 1.46. The van der Waals surface area contributed by atoms with Gasteiger partial charge in [0.05, 0.1) is 10.7 Å². The number of hydrogen-bond acceptors (Lipinski definition) is 3. The van der Waals surface area contributed by atoms with Crippen molar-refractivity contribution >= 4 is 23.2 Å². The molecule has 0 aliphatic heterocycles. The summed E-state index contributed by atoms with van der Waals surface area (Å²) in [4.78, 5) is 11.9. The molecule has 0 heterocycles. The van der Waals surface area contributed by atoms with Crippen LogP contribution >= 0.6 is 11.6 Å². The molecule has 3 rings (SSSR count). The third kappa shape index (κ3) is 5.26. The first kappa shape index (κ1) is 17.8. The summed E-state index contributed by atoms with van der Waals surface area (Å²) < 4.78 is 11.2. The summed E-state index contributed by atoms with van der Waals surface area (Å²) in [5, 5.41) is 3.20. The minimum absolute atomic E-state index is 0.102. The Kier molecular flexibility index (Phi) is 6.12. The summed E-state index contributed by atoms with van der Waals surface area (Å²) in [5.74, 6) is 1.05. The van der Waals surface area contributed by atoms with Crippen LogP contribution in [-0.2, 0) is 11.4 Å². The molecule has 0 spiro atoms. The molecule has 0 aliphatic rings. The molecule has 3 aromatic rings. The molecule has 132 valence electrons. The summed E-state index contributed by atoms with van der Waals surface area (Å²) in [5.41, 5.74) is 1.66. The number of anilines is 1. The van der Waals surface area contributed by atoms with Gasteiger partial charge in [-0.25, -0.2) is 0 Å². The lowest BCUT2D eigenvalue weighted by Gasteiger charge is -2.10. The van der Waals surface area contributed by atoms with Gasteiger partial charge in [-0.1, -0.05) is 54.1 Å². The van der Waals surface area contributed by atoms with E-state index in [1.807, 2.05) is 42.5 Å². The number of hydrogen-bond donors (Lipinski definition) is 1. The molecule has 4 nitrogen and oxygen atoms in total. The van der Waals surface area contributed by atoms with Crippen molar-refractivity contribution in [2.24, 2.45) is 0 Å². The van der Waals surface area contributed by atoms with E-state index in [0.29, 0.717) is 23.1 Å². The number of halogens is 1. The lowest BCUT2D eigenvalue weighted by atomic mass is 10.2. The van der Waals surface area contributed by atoms with Gasteiger partial charge in [0.2, 0.25) is 0 Å². The highest BCUT2D eigenvalue weighted by molar-refractivity contribution is 6.33. The molecule has 0 aromatic heterocycles. The Hall–Kier alpha value is -2.98. The van der Waals surface area contributed by atoms with Crippen LogP contribution in [0.5, 0.6) is 11.5 Å². The van der Waals surface area contributed by atoms with Crippen LogP contribution in [0.2, 0.25) is 5.02 Å². The highest BCUT2D eigenvalue weighted by Crippen LogP contribution is 2.21. The third-order valence-electron chi connectivity index (χ3n) is 3.59. The number of nitrogens with one attached hydrogen (secondary N) is 1. The lowest BCUT2D eigenvalue weighted by molar-refractivity contribution is -0.118. The van der Waals surface area contributed by atoms with Crippen LogP contribution in [-0.4, -0.2) is 12.5 Å². The molecular weight excluding hydrogens is 350 g/mol. The van der Waals surface area contributed by atoms with Gasteiger partial charge in [0.25, 0.3) is 5.91 Å². The first-order valence-corrected chi connectivity index (χ1v) is 8.52. The van der Waals surface area contributed by atoms with Gasteiger partial charge >= 0.3 is 0 Å². The fourth-order valence-corrected chi connectivity index (χ4v) is 2.45. The van der Waals surface area contributed by atoms with Crippen molar-refractivity contribution in [3.8, 4) is 11.5 Å². The van der Waals surface area contributed by atoms with Crippen molar-refractivity contribution in [1.82, 2.24) is 0 Å². The molecular formula is C21H18ClNO3. The molecule has 1 amide bonds. The normalized spacial score (nSPS) is 10.2. The summed E-state index contributed by atoms with van der Waals surface area (Å²) in [6.07, 6.45) is 0. The Bertz CT molecular complexity index is 851. The average Bonchev–Trinajstić information content (AvgIpc) is 2.68. The Morgan fingerprint density at radius 2 is 1.42 bits per heavy atom. The van der Waals surface area contributed by atoms with Crippen LogP contribution in [0.4, 0.5) is 5.69 Å². The van der Waals surface area contributed by atoms with E-state index < -0.39 is 0 Å². The van der Waals surface area contributed by atoms with Gasteiger partial charge in [0.1, 0.15) is 18.1 Å². The quantitative estimate of drug-likeness (QED) is 0.643. The zero-order chi connectivity index (χ0) is 18.2. The lowest BCUT2D eigenvalue weighted by Crippen LogP contribution is -2.20. The SMILES string of the molecule is O=C(COc1ccc(OCc2ccccc2)cc1)Nc1ccccc1Cl. The highest BCUT2D eigenvalue weighted by atomic mass is 35.5. The Morgan fingerprint density at radius 3 is 2.12 bits per heavy atom. The molecule has 0 aliphatic carbocycles. The fourth-order valence-electron chi connectivity index (χ4n) is 2.27. The van der Waals surface area contributed by atoms with Crippen molar-refractivity contribution < 1.29 is 14.3 Å². The number of para-hydroxylation sites is 1. The average molecular weight is 368 g/mol. The van der Waals surface area contributed by atoms with E-state index >= 15 is 0 Å². The summed E-state index contributed by atoms with van der Waals surface area (Å²) in [7, 11) is 0. The first-order valence-electron chi connectivity index (χ1n) is 8.15. The maximum Gasteiger partial charge on any atom is 0.262 e. The molecule has 26 heavy (non-hydrogen) atoms. The number of rotatable bonds is 7. The fraction of sp³-hybridized carbons (Fsp3) is 0.0952. The molecule has 0 atom stereocenters.